The molecule has 3 heterocycles. The summed E-state index contributed by atoms with van der Waals surface area (Å²) in [6, 6.07) is 8.04. The molecular weight excluding hydrogens is 346 g/mol. The van der Waals surface area contributed by atoms with Gasteiger partial charge in [-0.25, -0.2) is 4.79 Å². The van der Waals surface area contributed by atoms with Crippen LogP contribution in [0.2, 0.25) is 0 Å². The third-order valence-corrected chi connectivity index (χ3v) is 5.21. The van der Waals surface area contributed by atoms with Gasteiger partial charge in [-0.1, -0.05) is 18.2 Å². The summed E-state index contributed by atoms with van der Waals surface area (Å²) < 4.78 is 4.20. The SMILES string of the molecule is CCn1cc([C@@H]2CC(c3c(O)n(C)c(=O)n(C)c3=O)=NN2)c2ccccc21. The van der Waals surface area contributed by atoms with Gasteiger partial charge >= 0.3 is 5.69 Å². The van der Waals surface area contributed by atoms with Crippen molar-refractivity contribution < 1.29 is 5.11 Å². The molecule has 0 radical (unpaired) electrons. The number of hydrogen-bond donors (Lipinski definition) is 2. The van der Waals surface area contributed by atoms with E-state index in [0.29, 0.717) is 12.1 Å². The Morgan fingerprint density at radius 3 is 2.70 bits per heavy atom. The van der Waals surface area contributed by atoms with Gasteiger partial charge in [-0.3, -0.25) is 13.9 Å². The van der Waals surface area contributed by atoms with Crippen LogP contribution in [-0.2, 0) is 20.6 Å². The van der Waals surface area contributed by atoms with Crippen molar-refractivity contribution in [2.45, 2.75) is 25.9 Å². The monoisotopic (exact) mass is 367 g/mol. The van der Waals surface area contributed by atoms with Crippen molar-refractivity contribution in [3.8, 4) is 5.88 Å². The summed E-state index contributed by atoms with van der Waals surface area (Å²) in [6.07, 6.45) is 2.54. The van der Waals surface area contributed by atoms with E-state index in [2.05, 4.69) is 40.3 Å². The first kappa shape index (κ1) is 17.1. The molecule has 2 N–H and O–H groups in total. The van der Waals surface area contributed by atoms with Crippen LogP contribution in [0.1, 0.15) is 30.5 Å². The van der Waals surface area contributed by atoms with Gasteiger partial charge < -0.3 is 15.1 Å². The predicted octanol–water partition coefficient (Wildman–Crippen LogP) is 1.20. The Labute approximate surface area is 155 Å². The van der Waals surface area contributed by atoms with Crippen molar-refractivity contribution in [3.63, 3.8) is 0 Å². The summed E-state index contributed by atoms with van der Waals surface area (Å²) in [5.74, 6) is -0.361. The topological polar surface area (TPSA) is 93.5 Å². The Morgan fingerprint density at radius 1 is 1.22 bits per heavy atom. The highest BCUT2D eigenvalue weighted by Crippen LogP contribution is 2.32. The predicted molar refractivity (Wildman–Crippen MR) is 103 cm³/mol. The summed E-state index contributed by atoms with van der Waals surface area (Å²) in [7, 11) is 2.82. The van der Waals surface area contributed by atoms with Crippen molar-refractivity contribution in [1.29, 1.82) is 0 Å². The Balaban J connectivity index is 1.76. The molecule has 1 aliphatic rings. The first-order chi connectivity index (χ1) is 12.9. The lowest BCUT2D eigenvalue weighted by molar-refractivity contribution is 0.410. The maximum atomic E-state index is 12.5. The van der Waals surface area contributed by atoms with Crippen LogP contribution in [0.5, 0.6) is 5.88 Å². The van der Waals surface area contributed by atoms with E-state index in [9.17, 15) is 14.7 Å². The molecule has 0 aliphatic carbocycles. The van der Waals surface area contributed by atoms with Crippen molar-refractivity contribution in [3.05, 3.63) is 62.4 Å². The van der Waals surface area contributed by atoms with Gasteiger partial charge in [0.25, 0.3) is 5.56 Å². The minimum Gasteiger partial charge on any atom is -0.494 e. The number of rotatable bonds is 3. The van der Waals surface area contributed by atoms with Gasteiger partial charge in [0.15, 0.2) is 0 Å². The first-order valence-electron chi connectivity index (χ1n) is 8.83. The lowest BCUT2D eigenvalue weighted by Gasteiger charge is -2.11. The van der Waals surface area contributed by atoms with Gasteiger partial charge in [0.05, 0.1) is 11.8 Å². The largest absolute Gasteiger partial charge is 0.494 e. The highest BCUT2D eigenvalue weighted by Gasteiger charge is 2.29. The van der Waals surface area contributed by atoms with Crippen LogP contribution < -0.4 is 16.7 Å². The molecular formula is C19H21N5O3. The number of para-hydroxylation sites is 1. The fourth-order valence-electron chi connectivity index (χ4n) is 3.68. The molecule has 0 fully saturated rings. The maximum Gasteiger partial charge on any atom is 0.333 e. The average Bonchev–Trinajstić information content (AvgIpc) is 3.29. The third-order valence-electron chi connectivity index (χ3n) is 5.21. The molecule has 1 aromatic carbocycles. The summed E-state index contributed by atoms with van der Waals surface area (Å²) in [5, 5.41) is 15.8. The number of hydrogen-bond acceptors (Lipinski definition) is 5. The number of hydrazone groups is 1. The lowest BCUT2D eigenvalue weighted by Crippen LogP contribution is -2.39. The molecule has 4 rings (SSSR count). The molecule has 0 saturated carbocycles. The zero-order valence-electron chi connectivity index (χ0n) is 15.4. The van der Waals surface area contributed by atoms with E-state index in [0.717, 1.165) is 32.1 Å². The second-order valence-corrected chi connectivity index (χ2v) is 6.74. The normalized spacial score (nSPS) is 16.6. The van der Waals surface area contributed by atoms with Crippen LogP contribution in [0.15, 0.2) is 45.2 Å². The number of fused-ring (bicyclic) bond motifs is 1. The second-order valence-electron chi connectivity index (χ2n) is 6.74. The molecule has 8 nitrogen and oxygen atoms in total. The molecule has 0 spiro atoms. The highest BCUT2D eigenvalue weighted by atomic mass is 16.3. The van der Waals surface area contributed by atoms with Gasteiger partial charge in [-0.2, -0.15) is 5.10 Å². The molecule has 0 amide bonds. The summed E-state index contributed by atoms with van der Waals surface area (Å²) >= 11 is 0. The molecule has 8 heteroatoms. The van der Waals surface area contributed by atoms with Gasteiger partial charge in [0.1, 0.15) is 5.56 Å². The van der Waals surface area contributed by atoms with Gasteiger partial charge in [-0.05, 0) is 13.0 Å². The van der Waals surface area contributed by atoms with Crippen LogP contribution in [0.3, 0.4) is 0 Å². The van der Waals surface area contributed by atoms with E-state index in [1.807, 2.05) is 12.1 Å². The van der Waals surface area contributed by atoms with E-state index in [1.165, 1.54) is 14.1 Å². The molecule has 3 aromatic rings. The van der Waals surface area contributed by atoms with Crippen molar-refractivity contribution in [2.24, 2.45) is 19.2 Å². The smallest absolute Gasteiger partial charge is 0.333 e. The number of aromatic nitrogens is 3. The summed E-state index contributed by atoms with van der Waals surface area (Å²) in [6.45, 7) is 2.94. The average molecular weight is 367 g/mol. The second kappa shape index (κ2) is 6.15. The molecule has 0 bridgehead atoms. The van der Waals surface area contributed by atoms with Crippen molar-refractivity contribution in [2.75, 3.05) is 0 Å². The van der Waals surface area contributed by atoms with Crippen molar-refractivity contribution in [1.82, 2.24) is 19.1 Å². The fraction of sp³-hybridized carbons (Fsp3) is 0.316. The van der Waals surface area contributed by atoms with E-state index in [4.69, 9.17) is 0 Å². The van der Waals surface area contributed by atoms with E-state index >= 15 is 0 Å². The maximum absolute atomic E-state index is 12.5. The molecule has 1 aliphatic heterocycles. The standard InChI is InChI=1S/C19H21N5O3/c1-4-24-10-12(11-7-5-6-8-15(11)24)13-9-14(21-20-13)16-17(25)22(2)19(27)23(3)18(16)26/h5-8,10,13,20,25H,4,9H2,1-3H3/t13-/m0/s1. The number of benzene rings is 1. The highest BCUT2D eigenvalue weighted by molar-refractivity contribution is 6.03. The number of nitrogens with one attached hydrogen (secondary N) is 1. The first-order valence-corrected chi connectivity index (χ1v) is 8.83. The Kier molecular flexibility index (Phi) is 3.91. The van der Waals surface area contributed by atoms with Crippen LogP contribution in [0.25, 0.3) is 10.9 Å². The van der Waals surface area contributed by atoms with Crippen LogP contribution in [0, 0.1) is 0 Å². The number of nitrogens with zero attached hydrogens (tertiary/aromatic N) is 4. The molecule has 140 valence electrons. The van der Waals surface area contributed by atoms with E-state index < -0.39 is 11.2 Å². The molecule has 1 atom stereocenters. The fourth-order valence-corrected chi connectivity index (χ4v) is 3.68. The number of aromatic hydroxyl groups is 1. The quantitative estimate of drug-likeness (QED) is 0.727. The van der Waals surface area contributed by atoms with E-state index in [1.54, 1.807) is 0 Å². The van der Waals surface area contributed by atoms with E-state index in [-0.39, 0.29) is 17.5 Å². The Morgan fingerprint density at radius 2 is 1.96 bits per heavy atom. The minimum atomic E-state index is -0.574. The zero-order valence-corrected chi connectivity index (χ0v) is 15.4. The Bertz CT molecular complexity index is 1200. The van der Waals surface area contributed by atoms with Crippen LogP contribution >= 0.6 is 0 Å². The van der Waals surface area contributed by atoms with Crippen LogP contribution in [0.4, 0.5) is 0 Å². The minimum absolute atomic E-state index is 0.0637. The van der Waals surface area contributed by atoms with Gasteiger partial charge in [0, 0.05) is 49.7 Å². The zero-order chi connectivity index (χ0) is 19.3. The molecule has 0 saturated heterocycles. The number of aryl methyl sites for hydroxylation is 1. The Hall–Kier alpha value is -3.29. The van der Waals surface area contributed by atoms with Gasteiger partial charge in [-0.15, -0.1) is 0 Å². The summed E-state index contributed by atoms with van der Waals surface area (Å²) in [5.41, 5.74) is 4.71. The lowest BCUT2D eigenvalue weighted by atomic mass is 9.99. The molecule has 2 aromatic heterocycles. The van der Waals surface area contributed by atoms with Crippen molar-refractivity contribution >= 4 is 16.6 Å². The molecule has 27 heavy (non-hydrogen) atoms. The third kappa shape index (κ3) is 2.48. The van der Waals surface area contributed by atoms with Crippen LogP contribution in [-0.4, -0.2) is 24.5 Å². The van der Waals surface area contributed by atoms with Gasteiger partial charge in [0.2, 0.25) is 5.88 Å². The summed E-state index contributed by atoms with van der Waals surface area (Å²) in [4.78, 5) is 24.5. The molecule has 0 unspecified atom stereocenters.